The van der Waals surface area contributed by atoms with Crippen LogP contribution in [0.25, 0.3) is 10.6 Å². The van der Waals surface area contributed by atoms with E-state index >= 15 is 0 Å². The molecule has 0 atom stereocenters. The van der Waals surface area contributed by atoms with Gasteiger partial charge in [0.15, 0.2) is 0 Å². The van der Waals surface area contributed by atoms with Crippen LogP contribution in [0.1, 0.15) is 15.2 Å². The number of ether oxygens (including phenoxy) is 1. The van der Waals surface area contributed by atoms with Crippen molar-refractivity contribution in [3.63, 3.8) is 0 Å². The predicted molar refractivity (Wildman–Crippen MR) is 84.7 cm³/mol. The van der Waals surface area contributed by atoms with Crippen LogP contribution in [-0.4, -0.2) is 33.2 Å². The fourth-order valence-electron chi connectivity index (χ4n) is 2.06. The maximum Gasteiger partial charge on any atom is 0.284 e. The first-order valence-electron chi connectivity index (χ1n) is 6.77. The molecule has 23 heavy (non-hydrogen) atoms. The van der Waals surface area contributed by atoms with E-state index in [1.165, 1.54) is 11.3 Å². The van der Waals surface area contributed by atoms with E-state index in [0.717, 1.165) is 16.2 Å². The second-order valence-corrected chi connectivity index (χ2v) is 5.84. The zero-order chi connectivity index (χ0) is 16.2. The number of nitrogens with one attached hydrogen (secondary N) is 1. The molecule has 7 nitrogen and oxygen atoms in total. The van der Waals surface area contributed by atoms with Crippen molar-refractivity contribution in [1.82, 2.24) is 20.5 Å². The summed E-state index contributed by atoms with van der Waals surface area (Å²) in [6.07, 6.45) is 1.82. The monoisotopic (exact) mass is 330 g/mol. The highest BCUT2D eigenvalue weighted by Crippen LogP contribution is 2.26. The van der Waals surface area contributed by atoms with Crippen LogP contribution in [0.4, 0.5) is 0 Å². The van der Waals surface area contributed by atoms with Crippen molar-refractivity contribution in [2.24, 2.45) is 0 Å². The van der Waals surface area contributed by atoms with Crippen molar-refractivity contribution in [2.45, 2.75) is 6.54 Å². The Balaban J connectivity index is 1.74. The van der Waals surface area contributed by atoms with Gasteiger partial charge in [0.2, 0.25) is 0 Å². The van der Waals surface area contributed by atoms with Gasteiger partial charge in [0.05, 0.1) is 29.6 Å². The number of hydrogen-bond acceptors (Lipinski definition) is 6. The van der Waals surface area contributed by atoms with E-state index in [1.807, 2.05) is 30.5 Å². The lowest BCUT2D eigenvalue weighted by Gasteiger charge is -2.02. The van der Waals surface area contributed by atoms with Crippen LogP contribution in [0.15, 0.2) is 42.6 Å². The summed E-state index contributed by atoms with van der Waals surface area (Å²) in [6.45, 7) is 0.590. The average Bonchev–Trinajstić information content (AvgIpc) is 3.24. The number of methoxy groups -OCH3 is 1. The van der Waals surface area contributed by atoms with Crippen LogP contribution in [-0.2, 0) is 6.54 Å². The van der Waals surface area contributed by atoms with Gasteiger partial charge in [0, 0.05) is 0 Å². The molecule has 0 aliphatic heterocycles. The number of aromatic nitrogens is 3. The summed E-state index contributed by atoms with van der Waals surface area (Å²) in [5.41, 5.74) is 3.37. The Kier molecular flexibility index (Phi) is 4.35. The molecule has 2 N–H and O–H groups in total. The fraction of sp³-hybridized carbons (Fsp3) is 0.133. The van der Waals surface area contributed by atoms with Crippen molar-refractivity contribution in [3.8, 4) is 16.3 Å². The summed E-state index contributed by atoms with van der Waals surface area (Å²) in [6, 6.07) is 11.1. The van der Waals surface area contributed by atoms with E-state index in [9.17, 15) is 4.79 Å². The summed E-state index contributed by atoms with van der Waals surface area (Å²) < 4.78 is 6.85. The van der Waals surface area contributed by atoms with Gasteiger partial charge in [-0.05, 0) is 29.8 Å². The molecule has 0 radical (unpaired) electrons. The number of carbonyl (C=O) groups is 1. The molecule has 0 fully saturated rings. The molecule has 0 unspecified atom stereocenters. The summed E-state index contributed by atoms with van der Waals surface area (Å²) in [7, 11) is 1.63. The van der Waals surface area contributed by atoms with Gasteiger partial charge in [-0.15, -0.1) is 16.4 Å². The molecule has 0 spiro atoms. The van der Waals surface area contributed by atoms with E-state index in [0.29, 0.717) is 17.1 Å². The summed E-state index contributed by atoms with van der Waals surface area (Å²) >= 11 is 1.24. The van der Waals surface area contributed by atoms with Crippen molar-refractivity contribution in [2.75, 3.05) is 7.11 Å². The number of nitrogens with zero attached hydrogens (tertiary/aromatic N) is 3. The highest BCUT2D eigenvalue weighted by molar-refractivity contribution is 7.17. The maximum atomic E-state index is 11.4. The maximum absolute atomic E-state index is 11.4. The van der Waals surface area contributed by atoms with Crippen molar-refractivity contribution in [1.29, 1.82) is 0 Å². The van der Waals surface area contributed by atoms with Crippen LogP contribution >= 0.6 is 11.3 Å². The number of hydroxylamine groups is 1. The zero-order valence-corrected chi connectivity index (χ0v) is 13.1. The Bertz CT molecular complexity index is 810. The van der Waals surface area contributed by atoms with Crippen LogP contribution < -0.4 is 10.2 Å². The number of hydrogen-bond donors (Lipinski definition) is 2. The molecule has 0 aliphatic carbocycles. The smallest absolute Gasteiger partial charge is 0.284 e. The lowest BCUT2D eigenvalue weighted by atomic mass is 10.2. The van der Waals surface area contributed by atoms with E-state index in [4.69, 9.17) is 9.94 Å². The molecule has 1 amide bonds. The standard InChI is InChI=1S/C15H14N4O3S/c1-22-11-4-2-10(3-5-11)8-19-9-12(16-18-19)13-6-7-14(23-13)15(20)17-21/h2-7,9,21H,8H2,1H3,(H,17,20). The molecule has 8 heteroatoms. The first-order chi connectivity index (χ1) is 11.2. The molecular formula is C15H14N4O3S. The highest BCUT2D eigenvalue weighted by Gasteiger charge is 2.12. The van der Waals surface area contributed by atoms with E-state index in [2.05, 4.69) is 10.3 Å². The Hall–Kier alpha value is -2.71. The third-order valence-electron chi connectivity index (χ3n) is 3.23. The van der Waals surface area contributed by atoms with Gasteiger partial charge in [-0.2, -0.15) is 0 Å². The molecule has 2 aromatic heterocycles. The summed E-state index contributed by atoms with van der Waals surface area (Å²) in [5.74, 6) is 0.271. The molecule has 1 aromatic carbocycles. The molecular weight excluding hydrogens is 316 g/mol. The number of benzene rings is 1. The Morgan fingerprint density at radius 2 is 2.09 bits per heavy atom. The second kappa shape index (κ2) is 6.59. The van der Waals surface area contributed by atoms with E-state index < -0.39 is 5.91 Å². The van der Waals surface area contributed by atoms with E-state index in [1.54, 1.807) is 29.4 Å². The van der Waals surface area contributed by atoms with Crippen LogP contribution in [0.5, 0.6) is 5.75 Å². The minimum Gasteiger partial charge on any atom is -0.497 e. The number of rotatable bonds is 5. The molecule has 0 saturated carbocycles. The highest BCUT2D eigenvalue weighted by atomic mass is 32.1. The lowest BCUT2D eigenvalue weighted by molar-refractivity contribution is 0.0711. The molecule has 2 heterocycles. The average molecular weight is 330 g/mol. The van der Waals surface area contributed by atoms with Gasteiger partial charge < -0.3 is 4.74 Å². The largest absolute Gasteiger partial charge is 0.497 e. The summed E-state index contributed by atoms with van der Waals surface area (Å²) in [5, 5.41) is 16.9. The second-order valence-electron chi connectivity index (χ2n) is 4.75. The van der Waals surface area contributed by atoms with Gasteiger partial charge in [-0.1, -0.05) is 17.3 Å². The predicted octanol–water partition coefficient (Wildman–Crippen LogP) is 2.18. The first kappa shape index (κ1) is 15.2. The minimum atomic E-state index is -0.535. The SMILES string of the molecule is COc1ccc(Cn2cc(-c3ccc(C(=O)NO)s3)nn2)cc1. The quantitative estimate of drug-likeness (QED) is 0.553. The first-order valence-corrected chi connectivity index (χ1v) is 7.59. The normalized spacial score (nSPS) is 10.5. The lowest BCUT2D eigenvalue weighted by Crippen LogP contribution is -2.16. The molecule has 0 saturated heterocycles. The molecule has 118 valence electrons. The third kappa shape index (κ3) is 3.38. The van der Waals surface area contributed by atoms with Gasteiger partial charge >= 0.3 is 0 Å². The molecule has 0 bridgehead atoms. The van der Waals surface area contributed by atoms with Gasteiger partial charge in [0.25, 0.3) is 5.91 Å². The summed E-state index contributed by atoms with van der Waals surface area (Å²) in [4.78, 5) is 12.6. The van der Waals surface area contributed by atoms with Crippen molar-refractivity contribution < 1.29 is 14.7 Å². The number of amides is 1. The topological polar surface area (TPSA) is 89.3 Å². The number of carbonyl (C=O) groups excluding carboxylic acids is 1. The van der Waals surface area contributed by atoms with Crippen LogP contribution in [0, 0.1) is 0 Å². The zero-order valence-electron chi connectivity index (χ0n) is 12.3. The van der Waals surface area contributed by atoms with E-state index in [-0.39, 0.29) is 0 Å². The van der Waals surface area contributed by atoms with Gasteiger partial charge in [0.1, 0.15) is 11.4 Å². The van der Waals surface area contributed by atoms with Gasteiger partial charge in [-0.25, -0.2) is 10.2 Å². The third-order valence-corrected chi connectivity index (χ3v) is 4.33. The molecule has 3 rings (SSSR count). The van der Waals surface area contributed by atoms with Crippen LogP contribution in [0.2, 0.25) is 0 Å². The minimum absolute atomic E-state index is 0.409. The Morgan fingerprint density at radius 3 is 2.78 bits per heavy atom. The van der Waals surface area contributed by atoms with Gasteiger partial charge in [-0.3, -0.25) is 10.0 Å². The van der Waals surface area contributed by atoms with Crippen LogP contribution in [0.3, 0.4) is 0 Å². The molecule has 0 aliphatic rings. The Morgan fingerprint density at radius 1 is 1.30 bits per heavy atom. The molecule has 3 aromatic rings. The van der Waals surface area contributed by atoms with Crippen molar-refractivity contribution in [3.05, 3.63) is 53.0 Å². The van der Waals surface area contributed by atoms with Crippen molar-refractivity contribution >= 4 is 17.2 Å². The fourth-order valence-corrected chi connectivity index (χ4v) is 2.90. The number of thiophene rings is 1. The Labute approximate surface area is 136 Å².